The number of anilines is 1. The van der Waals surface area contributed by atoms with Crippen molar-refractivity contribution in [1.29, 1.82) is 0 Å². The maximum atomic E-state index is 12.3. The molecule has 4 rings (SSSR count). The van der Waals surface area contributed by atoms with Crippen LogP contribution >= 0.6 is 0 Å². The van der Waals surface area contributed by atoms with E-state index in [2.05, 4.69) is 19.9 Å². The van der Waals surface area contributed by atoms with Gasteiger partial charge in [-0.1, -0.05) is 12.1 Å². The zero-order chi connectivity index (χ0) is 17.2. The number of carbonyl (C=O) groups excluding carboxylic acids is 1. The van der Waals surface area contributed by atoms with E-state index in [4.69, 9.17) is 0 Å². The lowest BCUT2D eigenvalue weighted by atomic mass is 10.1. The number of nitrogens with zero attached hydrogens (tertiary/aromatic N) is 2. The summed E-state index contributed by atoms with van der Waals surface area (Å²) in [6, 6.07) is 10.5. The van der Waals surface area contributed by atoms with E-state index in [-0.39, 0.29) is 11.5 Å². The molecule has 0 saturated carbocycles. The van der Waals surface area contributed by atoms with Crippen LogP contribution in [0.5, 0.6) is 0 Å². The number of aromatic nitrogens is 3. The Morgan fingerprint density at radius 2 is 2.12 bits per heavy atom. The summed E-state index contributed by atoms with van der Waals surface area (Å²) in [6.07, 6.45) is 6.83. The van der Waals surface area contributed by atoms with Crippen LogP contribution in [0.1, 0.15) is 28.9 Å². The average molecular weight is 334 g/mol. The number of rotatable bonds is 3. The molecule has 2 N–H and O–H groups in total. The van der Waals surface area contributed by atoms with Gasteiger partial charge in [0.15, 0.2) is 0 Å². The molecule has 6 heteroatoms. The first-order valence-corrected chi connectivity index (χ1v) is 8.36. The number of benzene rings is 1. The maximum Gasteiger partial charge on any atom is 0.255 e. The van der Waals surface area contributed by atoms with Gasteiger partial charge in [-0.25, -0.2) is 4.98 Å². The van der Waals surface area contributed by atoms with Crippen LogP contribution in [-0.2, 0) is 13.0 Å². The van der Waals surface area contributed by atoms with Crippen molar-refractivity contribution >= 4 is 11.6 Å². The van der Waals surface area contributed by atoms with Crippen LogP contribution in [0.25, 0.3) is 11.4 Å². The van der Waals surface area contributed by atoms with Crippen molar-refractivity contribution in [2.75, 3.05) is 5.32 Å². The summed E-state index contributed by atoms with van der Waals surface area (Å²) in [5.41, 5.74) is 2.93. The minimum Gasteiger partial charge on any atom is -0.329 e. The molecule has 1 aliphatic rings. The summed E-state index contributed by atoms with van der Waals surface area (Å²) in [4.78, 5) is 30.7. The molecule has 3 heterocycles. The van der Waals surface area contributed by atoms with Gasteiger partial charge in [-0.05, 0) is 37.5 Å². The molecule has 0 fully saturated rings. The van der Waals surface area contributed by atoms with Gasteiger partial charge in [-0.2, -0.15) is 0 Å². The molecule has 1 aliphatic heterocycles. The molecule has 0 saturated heterocycles. The number of imidazole rings is 1. The SMILES string of the molecule is O=C(Nc1cccc(-c2ncc3n2CCCC3)c1)c1cc[nH]c(=O)c1. The van der Waals surface area contributed by atoms with Crippen molar-refractivity contribution in [2.45, 2.75) is 25.8 Å². The molecule has 3 aromatic rings. The monoisotopic (exact) mass is 334 g/mol. The number of carbonyl (C=O) groups is 1. The van der Waals surface area contributed by atoms with Crippen molar-refractivity contribution in [3.8, 4) is 11.4 Å². The molecule has 0 radical (unpaired) electrons. The molecule has 1 amide bonds. The number of amides is 1. The Labute approximate surface area is 144 Å². The number of hydrogen-bond acceptors (Lipinski definition) is 3. The molecule has 25 heavy (non-hydrogen) atoms. The average Bonchev–Trinajstić information content (AvgIpc) is 3.06. The van der Waals surface area contributed by atoms with E-state index in [0.717, 1.165) is 30.8 Å². The van der Waals surface area contributed by atoms with E-state index in [9.17, 15) is 9.59 Å². The Morgan fingerprint density at radius 3 is 3.00 bits per heavy atom. The summed E-state index contributed by atoms with van der Waals surface area (Å²) < 4.78 is 2.25. The molecule has 0 unspecified atom stereocenters. The number of aryl methyl sites for hydroxylation is 1. The number of nitrogens with one attached hydrogen (secondary N) is 2. The van der Waals surface area contributed by atoms with Crippen LogP contribution in [-0.4, -0.2) is 20.4 Å². The first-order valence-electron chi connectivity index (χ1n) is 8.36. The number of H-pyrrole nitrogens is 1. The van der Waals surface area contributed by atoms with Crippen LogP contribution in [0.15, 0.2) is 53.6 Å². The lowest BCUT2D eigenvalue weighted by molar-refractivity contribution is 0.102. The number of fused-ring (bicyclic) bond motifs is 1. The predicted octanol–water partition coefficient (Wildman–Crippen LogP) is 2.83. The van der Waals surface area contributed by atoms with E-state index >= 15 is 0 Å². The van der Waals surface area contributed by atoms with Crippen LogP contribution in [0.3, 0.4) is 0 Å². The summed E-state index contributed by atoms with van der Waals surface area (Å²) in [6.45, 7) is 0.980. The van der Waals surface area contributed by atoms with Crippen LogP contribution in [0, 0.1) is 0 Å². The zero-order valence-electron chi connectivity index (χ0n) is 13.7. The molecular formula is C19H18N4O2. The van der Waals surface area contributed by atoms with Gasteiger partial charge in [0, 0.05) is 47.5 Å². The van der Waals surface area contributed by atoms with Gasteiger partial charge >= 0.3 is 0 Å². The van der Waals surface area contributed by atoms with Gasteiger partial charge in [0.2, 0.25) is 5.56 Å². The molecule has 0 atom stereocenters. The van der Waals surface area contributed by atoms with Gasteiger partial charge < -0.3 is 14.9 Å². The van der Waals surface area contributed by atoms with Crippen molar-refractivity contribution < 1.29 is 4.79 Å². The van der Waals surface area contributed by atoms with Crippen molar-refractivity contribution in [2.24, 2.45) is 0 Å². The normalized spacial score (nSPS) is 13.3. The molecule has 0 bridgehead atoms. The van der Waals surface area contributed by atoms with Crippen molar-refractivity contribution in [1.82, 2.24) is 14.5 Å². The largest absolute Gasteiger partial charge is 0.329 e. The molecule has 1 aromatic carbocycles. The second kappa shape index (κ2) is 6.39. The molecular weight excluding hydrogens is 316 g/mol. The van der Waals surface area contributed by atoms with Crippen LogP contribution in [0.2, 0.25) is 0 Å². The Balaban J connectivity index is 1.61. The van der Waals surface area contributed by atoms with Crippen LogP contribution in [0.4, 0.5) is 5.69 Å². The Kier molecular flexibility index (Phi) is 3.93. The minimum atomic E-state index is -0.312. The number of hydrogen-bond donors (Lipinski definition) is 2. The topological polar surface area (TPSA) is 79.8 Å². The summed E-state index contributed by atoms with van der Waals surface area (Å²) in [7, 11) is 0. The van der Waals surface area contributed by atoms with E-state index in [1.54, 1.807) is 6.07 Å². The molecule has 6 nitrogen and oxygen atoms in total. The highest BCUT2D eigenvalue weighted by Gasteiger charge is 2.15. The van der Waals surface area contributed by atoms with Gasteiger partial charge in [-0.3, -0.25) is 9.59 Å². The maximum absolute atomic E-state index is 12.3. The quantitative estimate of drug-likeness (QED) is 0.773. The fourth-order valence-corrected chi connectivity index (χ4v) is 3.19. The Morgan fingerprint density at radius 1 is 1.20 bits per heavy atom. The van der Waals surface area contributed by atoms with Crippen molar-refractivity contribution in [3.05, 3.63) is 70.4 Å². The van der Waals surface area contributed by atoms with Gasteiger partial charge in [0.25, 0.3) is 5.91 Å². The summed E-state index contributed by atoms with van der Waals surface area (Å²) in [5.74, 6) is 0.621. The highest BCUT2D eigenvalue weighted by molar-refractivity contribution is 6.04. The lowest BCUT2D eigenvalue weighted by Crippen LogP contribution is -2.15. The van der Waals surface area contributed by atoms with E-state index in [1.165, 1.54) is 24.4 Å². The fourth-order valence-electron chi connectivity index (χ4n) is 3.19. The van der Waals surface area contributed by atoms with Gasteiger partial charge in [0.05, 0.1) is 0 Å². The second-order valence-corrected chi connectivity index (χ2v) is 6.16. The third-order valence-electron chi connectivity index (χ3n) is 4.42. The summed E-state index contributed by atoms with van der Waals surface area (Å²) >= 11 is 0. The third kappa shape index (κ3) is 3.10. The highest BCUT2D eigenvalue weighted by Crippen LogP contribution is 2.26. The smallest absolute Gasteiger partial charge is 0.255 e. The lowest BCUT2D eigenvalue weighted by Gasteiger charge is -2.16. The Bertz CT molecular complexity index is 987. The first-order chi connectivity index (χ1) is 12.2. The zero-order valence-corrected chi connectivity index (χ0v) is 13.7. The second-order valence-electron chi connectivity index (χ2n) is 6.16. The van der Waals surface area contributed by atoms with Crippen molar-refractivity contribution in [3.63, 3.8) is 0 Å². The van der Waals surface area contributed by atoms with Gasteiger partial charge in [-0.15, -0.1) is 0 Å². The standard InChI is InChI=1S/C19H18N4O2/c24-17-11-14(7-8-20-17)19(25)22-15-5-3-4-13(10-15)18-21-12-16-6-1-2-9-23(16)18/h3-5,7-8,10-12H,1-2,6,9H2,(H,20,24)(H,22,25). The predicted molar refractivity (Wildman–Crippen MR) is 95.6 cm³/mol. The molecule has 0 spiro atoms. The highest BCUT2D eigenvalue weighted by atomic mass is 16.2. The summed E-state index contributed by atoms with van der Waals surface area (Å²) in [5, 5.41) is 2.84. The van der Waals surface area contributed by atoms with E-state index in [1.807, 2.05) is 30.5 Å². The molecule has 2 aromatic heterocycles. The molecule has 0 aliphatic carbocycles. The minimum absolute atomic E-state index is 0.301. The number of pyridine rings is 1. The van der Waals surface area contributed by atoms with Gasteiger partial charge in [0.1, 0.15) is 5.82 Å². The molecule has 126 valence electrons. The van der Waals surface area contributed by atoms with E-state index < -0.39 is 0 Å². The Hall–Kier alpha value is -3.15. The fraction of sp³-hybridized carbons (Fsp3) is 0.211. The first kappa shape index (κ1) is 15.4. The van der Waals surface area contributed by atoms with Crippen LogP contribution < -0.4 is 10.9 Å². The number of aromatic amines is 1. The van der Waals surface area contributed by atoms with E-state index in [0.29, 0.717) is 11.3 Å². The third-order valence-corrected chi connectivity index (χ3v) is 4.42.